The van der Waals surface area contributed by atoms with E-state index in [1.807, 2.05) is 53.9 Å². The summed E-state index contributed by atoms with van der Waals surface area (Å²) >= 11 is 8.88. The lowest BCUT2D eigenvalue weighted by molar-refractivity contribution is -0.121. The molecule has 0 unspecified atom stereocenters. The summed E-state index contributed by atoms with van der Waals surface area (Å²) in [7, 11) is 0. The van der Waals surface area contributed by atoms with Crippen LogP contribution in [0.5, 0.6) is 11.5 Å². The number of carbonyl (C=O) groups is 1. The fourth-order valence-corrected chi connectivity index (χ4v) is 5.58. The van der Waals surface area contributed by atoms with Crippen LogP contribution in [0.3, 0.4) is 0 Å². The SMILES string of the molecule is O=C(CCCn1c(SCc2ccc(Cl)cc2)nc2ccsc2c1=O)NCc1ccc2c(c1)OCO2. The van der Waals surface area contributed by atoms with Gasteiger partial charge in [0, 0.05) is 30.3 Å². The summed E-state index contributed by atoms with van der Waals surface area (Å²) in [6.07, 6.45) is 0.834. The summed E-state index contributed by atoms with van der Waals surface area (Å²) in [4.78, 5) is 30.3. The van der Waals surface area contributed by atoms with Crippen LogP contribution in [0.4, 0.5) is 0 Å². The molecule has 0 saturated carbocycles. The Balaban J connectivity index is 1.21. The molecule has 180 valence electrons. The number of ether oxygens (including phenoxy) is 2. The third-order valence-electron chi connectivity index (χ3n) is 5.52. The van der Waals surface area contributed by atoms with Crippen molar-refractivity contribution in [1.29, 1.82) is 0 Å². The van der Waals surface area contributed by atoms with Crippen LogP contribution in [-0.4, -0.2) is 22.3 Å². The summed E-state index contributed by atoms with van der Waals surface area (Å²) in [5, 5.41) is 6.14. The summed E-state index contributed by atoms with van der Waals surface area (Å²) in [6.45, 7) is 1.04. The van der Waals surface area contributed by atoms with Crippen molar-refractivity contribution < 1.29 is 14.3 Å². The molecule has 35 heavy (non-hydrogen) atoms. The third-order valence-corrected chi connectivity index (χ3v) is 7.72. The predicted molar refractivity (Wildman–Crippen MR) is 139 cm³/mol. The Hall–Kier alpha value is -3.01. The minimum atomic E-state index is -0.0729. The monoisotopic (exact) mass is 527 g/mol. The van der Waals surface area contributed by atoms with E-state index in [1.54, 1.807) is 4.57 Å². The van der Waals surface area contributed by atoms with E-state index in [9.17, 15) is 9.59 Å². The quantitative estimate of drug-likeness (QED) is 0.237. The molecule has 5 rings (SSSR count). The molecule has 2 aromatic heterocycles. The molecule has 1 aliphatic heterocycles. The minimum absolute atomic E-state index is 0.0654. The molecule has 0 aliphatic carbocycles. The normalized spacial score (nSPS) is 12.3. The molecule has 7 nitrogen and oxygen atoms in total. The van der Waals surface area contributed by atoms with Gasteiger partial charge < -0.3 is 14.8 Å². The second-order valence-electron chi connectivity index (χ2n) is 7.97. The number of aromatic nitrogens is 2. The van der Waals surface area contributed by atoms with Gasteiger partial charge in [-0.15, -0.1) is 11.3 Å². The maximum atomic E-state index is 13.1. The van der Waals surface area contributed by atoms with Crippen molar-refractivity contribution in [2.45, 2.75) is 36.8 Å². The van der Waals surface area contributed by atoms with Gasteiger partial charge in [0.15, 0.2) is 16.7 Å². The van der Waals surface area contributed by atoms with E-state index in [2.05, 4.69) is 5.32 Å². The number of hydrogen-bond acceptors (Lipinski definition) is 7. The molecule has 0 atom stereocenters. The fourth-order valence-electron chi connectivity index (χ4n) is 3.70. The predicted octanol–water partition coefficient (Wildman–Crippen LogP) is 5.23. The zero-order valence-electron chi connectivity index (χ0n) is 18.7. The lowest BCUT2D eigenvalue weighted by Crippen LogP contribution is -2.25. The Labute approximate surface area is 215 Å². The van der Waals surface area contributed by atoms with Crippen molar-refractivity contribution in [2.24, 2.45) is 0 Å². The highest BCUT2D eigenvalue weighted by molar-refractivity contribution is 7.98. The van der Waals surface area contributed by atoms with Gasteiger partial charge >= 0.3 is 0 Å². The highest BCUT2D eigenvalue weighted by Gasteiger charge is 2.15. The van der Waals surface area contributed by atoms with Crippen LogP contribution < -0.4 is 20.3 Å². The molecule has 0 bridgehead atoms. The van der Waals surface area contributed by atoms with Crippen LogP contribution in [-0.2, 0) is 23.6 Å². The van der Waals surface area contributed by atoms with Crippen LogP contribution in [0.1, 0.15) is 24.0 Å². The van der Waals surface area contributed by atoms with Crippen LogP contribution in [0, 0.1) is 0 Å². The molecule has 3 heterocycles. The minimum Gasteiger partial charge on any atom is -0.454 e. The number of carbonyl (C=O) groups excluding carboxylic acids is 1. The molecule has 0 radical (unpaired) electrons. The van der Waals surface area contributed by atoms with Crippen LogP contribution in [0.2, 0.25) is 5.02 Å². The maximum absolute atomic E-state index is 13.1. The van der Waals surface area contributed by atoms with E-state index in [-0.39, 0.29) is 18.3 Å². The summed E-state index contributed by atoms with van der Waals surface area (Å²) in [5.41, 5.74) is 2.67. The van der Waals surface area contributed by atoms with Crippen LogP contribution in [0.15, 0.2) is 63.9 Å². The highest BCUT2D eigenvalue weighted by Crippen LogP contribution is 2.32. The Morgan fingerprint density at radius 2 is 1.91 bits per heavy atom. The first-order valence-electron chi connectivity index (χ1n) is 11.1. The van der Waals surface area contributed by atoms with Gasteiger partial charge in [0.2, 0.25) is 12.7 Å². The van der Waals surface area contributed by atoms with Gasteiger partial charge in [-0.1, -0.05) is 41.6 Å². The Morgan fingerprint density at radius 1 is 1.11 bits per heavy atom. The number of rotatable bonds is 9. The number of fused-ring (bicyclic) bond motifs is 2. The van der Waals surface area contributed by atoms with E-state index in [4.69, 9.17) is 26.1 Å². The van der Waals surface area contributed by atoms with E-state index < -0.39 is 0 Å². The second-order valence-corrected chi connectivity index (χ2v) is 10.3. The van der Waals surface area contributed by atoms with Crippen molar-refractivity contribution in [1.82, 2.24) is 14.9 Å². The first-order chi connectivity index (χ1) is 17.1. The Kier molecular flexibility index (Phi) is 7.26. The molecular weight excluding hydrogens is 506 g/mol. The van der Waals surface area contributed by atoms with Crippen molar-refractivity contribution in [2.75, 3.05) is 6.79 Å². The Morgan fingerprint density at radius 3 is 2.77 bits per heavy atom. The molecule has 0 saturated heterocycles. The van der Waals surface area contributed by atoms with Gasteiger partial charge in [-0.05, 0) is 53.3 Å². The molecule has 4 aromatic rings. The van der Waals surface area contributed by atoms with E-state index in [1.165, 1.54) is 23.1 Å². The largest absolute Gasteiger partial charge is 0.454 e. The van der Waals surface area contributed by atoms with Crippen LogP contribution >= 0.6 is 34.7 Å². The lowest BCUT2D eigenvalue weighted by atomic mass is 10.2. The molecule has 10 heteroatoms. The number of hydrogen-bond donors (Lipinski definition) is 1. The van der Waals surface area contributed by atoms with E-state index >= 15 is 0 Å². The van der Waals surface area contributed by atoms with Gasteiger partial charge in [0.05, 0.1) is 5.52 Å². The van der Waals surface area contributed by atoms with Gasteiger partial charge in [-0.2, -0.15) is 0 Å². The van der Waals surface area contributed by atoms with Crippen molar-refractivity contribution >= 4 is 50.8 Å². The van der Waals surface area contributed by atoms with E-state index in [0.29, 0.717) is 63.6 Å². The van der Waals surface area contributed by atoms with Crippen molar-refractivity contribution in [3.8, 4) is 11.5 Å². The fraction of sp³-hybridized carbons (Fsp3) is 0.240. The average molecular weight is 528 g/mol. The number of thioether (sulfide) groups is 1. The average Bonchev–Trinajstić information content (AvgIpc) is 3.53. The first kappa shape index (κ1) is 23.7. The van der Waals surface area contributed by atoms with Gasteiger partial charge in [0.1, 0.15) is 4.70 Å². The number of nitrogens with zero attached hydrogens (tertiary/aromatic N) is 2. The van der Waals surface area contributed by atoms with Crippen molar-refractivity contribution in [3.05, 3.63) is 80.4 Å². The first-order valence-corrected chi connectivity index (χ1v) is 13.3. The molecule has 1 amide bonds. The zero-order valence-corrected chi connectivity index (χ0v) is 21.0. The summed E-state index contributed by atoms with van der Waals surface area (Å²) in [6, 6.07) is 15.1. The lowest BCUT2D eigenvalue weighted by Gasteiger charge is -2.12. The summed E-state index contributed by atoms with van der Waals surface area (Å²) < 4.78 is 13.0. The molecule has 0 spiro atoms. The Bertz CT molecular complexity index is 1420. The highest BCUT2D eigenvalue weighted by atomic mass is 35.5. The van der Waals surface area contributed by atoms with Gasteiger partial charge in [0.25, 0.3) is 5.56 Å². The van der Waals surface area contributed by atoms with Crippen LogP contribution in [0.25, 0.3) is 10.2 Å². The van der Waals surface area contributed by atoms with Gasteiger partial charge in [-0.3, -0.25) is 14.2 Å². The maximum Gasteiger partial charge on any atom is 0.272 e. The molecular formula is C25H22ClN3O4S2. The number of amides is 1. The number of nitrogens with one attached hydrogen (secondary N) is 1. The van der Waals surface area contributed by atoms with E-state index in [0.717, 1.165) is 11.1 Å². The topological polar surface area (TPSA) is 82.5 Å². The standard InChI is InChI=1S/C25H22ClN3O4S2/c26-18-6-3-16(4-7-18)14-35-25-28-19-9-11-34-23(19)24(31)29(25)10-1-2-22(30)27-13-17-5-8-20-21(12-17)33-15-32-20/h3-9,11-12H,1-2,10,13-15H2,(H,27,30). The smallest absolute Gasteiger partial charge is 0.272 e. The molecule has 2 aromatic carbocycles. The molecule has 1 N–H and O–H groups in total. The van der Waals surface area contributed by atoms with Gasteiger partial charge in [-0.25, -0.2) is 4.98 Å². The van der Waals surface area contributed by atoms with Crippen molar-refractivity contribution in [3.63, 3.8) is 0 Å². The third kappa shape index (κ3) is 5.63. The molecule has 0 fully saturated rings. The zero-order chi connectivity index (χ0) is 24.2. The number of halogens is 1. The molecule has 1 aliphatic rings. The number of benzene rings is 2. The summed E-state index contributed by atoms with van der Waals surface area (Å²) in [5.74, 6) is 1.99. The second kappa shape index (κ2) is 10.7. The number of thiophene rings is 1.